The summed E-state index contributed by atoms with van der Waals surface area (Å²) >= 11 is 6.92. The predicted octanol–water partition coefficient (Wildman–Crippen LogP) is 5.91. The second kappa shape index (κ2) is 6.10. The van der Waals surface area contributed by atoms with Gasteiger partial charge in [-0.3, -0.25) is 0 Å². The van der Waals surface area contributed by atoms with Crippen LogP contribution in [0.25, 0.3) is 0 Å². The molecule has 0 spiro atoms. The fourth-order valence-corrected chi connectivity index (χ4v) is 3.79. The Kier molecular flexibility index (Phi) is 4.41. The molecule has 1 fully saturated rings. The maximum atomic E-state index is 6.05. The molecule has 1 saturated carbocycles. The molecule has 0 atom stereocenters. The van der Waals surface area contributed by atoms with Gasteiger partial charge in [0.25, 0.3) is 0 Å². The molecule has 2 nitrogen and oxygen atoms in total. The Morgan fingerprint density at radius 1 is 0.800 bits per heavy atom. The maximum absolute atomic E-state index is 6.05. The van der Waals surface area contributed by atoms with Gasteiger partial charge in [0.15, 0.2) is 0 Å². The van der Waals surface area contributed by atoms with Crippen LogP contribution < -0.4 is 0 Å². The second-order valence-corrected chi connectivity index (χ2v) is 6.56. The van der Waals surface area contributed by atoms with E-state index >= 15 is 0 Å². The highest BCUT2D eigenvalue weighted by atomic mass is 79.9. The Bertz CT molecular complexity index is 520. The predicted molar refractivity (Wildman–Crippen MR) is 86.5 cm³/mol. The van der Waals surface area contributed by atoms with E-state index in [1.54, 1.807) is 0 Å². The van der Waals surface area contributed by atoms with E-state index in [9.17, 15) is 0 Å². The van der Waals surface area contributed by atoms with Crippen molar-refractivity contribution in [2.75, 3.05) is 0 Å². The molecule has 1 aliphatic rings. The van der Waals surface area contributed by atoms with Crippen LogP contribution in [0.5, 0.6) is 0 Å². The molecule has 2 aromatic rings. The molecule has 0 aromatic carbocycles. The average Bonchev–Trinajstić information content (AvgIpc) is 3.17. The molecule has 0 aliphatic heterocycles. The highest BCUT2D eigenvalue weighted by molar-refractivity contribution is 9.08. The average molecular weight is 402 g/mol. The number of halogens is 2. The van der Waals surface area contributed by atoms with Crippen molar-refractivity contribution in [1.29, 1.82) is 0 Å². The zero-order chi connectivity index (χ0) is 14.0. The van der Waals surface area contributed by atoms with Crippen molar-refractivity contribution in [1.82, 2.24) is 0 Å². The summed E-state index contributed by atoms with van der Waals surface area (Å²) in [4.78, 5) is 0. The zero-order valence-electron chi connectivity index (χ0n) is 11.3. The standard InChI is InChI=1S/C16H18Br2O2/c17-10-12-4-6-14(19-12)16(8-2-1-3-9-16)15-7-5-13(11-18)20-15/h4-7H,1-3,8-11H2. The molecule has 108 valence electrons. The molecule has 20 heavy (non-hydrogen) atoms. The maximum Gasteiger partial charge on any atom is 0.117 e. The number of hydrogen-bond acceptors (Lipinski definition) is 2. The van der Waals surface area contributed by atoms with E-state index in [0.717, 1.165) is 46.5 Å². The normalized spacial score (nSPS) is 18.3. The van der Waals surface area contributed by atoms with Crippen LogP contribution in [0, 0.1) is 0 Å². The van der Waals surface area contributed by atoms with Gasteiger partial charge < -0.3 is 8.83 Å². The second-order valence-electron chi connectivity index (χ2n) is 5.44. The van der Waals surface area contributed by atoms with E-state index in [-0.39, 0.29) is 5.41 Å². The zero-order valence-corrected chi connectivity index (χ0v) is 14.5. The van der Waals surface area contributed by atoms with Crippen LogP contribution in [-0.2, 0) is 16.1 Å². The fourth-order valence-electron chi connectivity index (χ4n) is 3.18. The van der Waals surface area contributed by atoms with Gasteiger partial charge in [-0.1, -0.05) is 51.1 Å². The Morgan fingerprint density at radius 3 is 1.70 bits per heavy atom. The third-order valence-corrected chi connectivity index (χ3v) is 5.34. The van der Waals surface area contributed by atoms with E-state index < -0.39 is 0 Å². The molecular weight excluding hydrogens is 384 g/mol. The van der Waals surface area contributed by atoms with Crippen molar-refractivity contribution in [2.45, 2.75) is 48.2 Å². The van der Waals surface area contributed by atoms with Gasteiger partial charge in [-0.25, -0.2) is 0 Å². The van der Waals surface area contributed by atoms with Crippen molar-refractivity contribution < 1.29 is 8.83 Å². The summed E-state index contributed by atoms with van der Waals surface area (Å²) in [5.41, 5.74) is -0.0703. The minimum Gasteiger partial charge on any atom is -0.464 e. The summed E-state index contributed by atoms with van der Waals surface area (Å²) < 4.78 is 12.1. The molecule has 4 heteroatoms. The number of rotatable bonds is 4. The van der Waals surface area contributed by atoms with Crippen molar-refractivity contribution in [2.24, 2.45) is 0 Å². The topological polar surface area (TPSA) is 26.3 Å². The van der Waals surface area contributed by atoms with Gasteiger partial charge in [-0.05, 0) is 37.1 Å². The van der Waals surface area contributed by atoms with Crippen molar-refractivity contribution in [3.8, 4) is 0 Å². The van der Waals surface area contributed by atoms with Crippen LogP contribution >= 0.6 is 31.9 Å². The lowest BCUT2D eigenvalue weighted by Gasteiger charge is -2.33. The first-order valence-corrected chi connectivity index (χ1v) is 9.33. The summed E-state index contributed by atoms with van der Waals surface area (Å²) in [6.45, 7) is 0. The smallest absolute Gasteiger partial charge is 0.117 e. The Balaban J connectivity index is 2.03. The van der Waals surface area contributed by atoms with Gasteiger partial charge in [0.1, 0.15) is 23.0 Å². The summed E-state index contributed by atoms with van der Waals surface area (Å²) in [6.07, 6.45) is 5.98. The van der Waals surface area contributed by atoms with Gasteiger partial charge in [-0.15, -0.1) is 0 Å². The van der Waals surface area contributed by atoms with Crippen LogP contribution in [0.3, 0.4) is 0 Å². The van der Waals surface area contributed by atoms with Crippen molar-refractivity contribution in [3.05, 3.63) is 47.3 Å². The largest absolute Gasteiger partial charge is 0.464 e. The summed E-state index contributed by atoms with van der Waals surface area (Å²) in [5, 5.41) is 1.52. The number of furan rings is 2. The van der Waals surface area contributed by atoms with E-state index in [1.807, 2.05) is 0 Å². The first-order valence-electron chi connectivity index (χ1n) is 7.09. The molecule has 0 amide bonds. The van der Waals surface area contributed by atoms with E-state index in [4.69, 9.17) is 8.83 Å². The highest BCUT2D eigenvalue weighted by Crippen LogP contribution is 2.46. The van der Waals surface area contributed by atoms with Crippen LogP contribution in [0.4, 0.5) is 0 Å². The van der Waals surface area contributed by atoms with Gasteiger partial charge in [0.2, 0.25) is 0 Å². The summed E-state index contributed by atoms with van der Waals surface area (Å²) in [6, 6.07) is 8.38. The fraction of sp³-hybridized carbons (Fsp3) is 0.500. The molecule has 0 N–H and O–H groups in total. The molecule has 3 rings (SSSR count). The molecule has 2 aromatic heterocycles. The van der Waals surface area contributed by atoms with Crippen molar-refractivity contribution >= 4 is 31.9 Å². The van der Waals surface area contributed by atoms with Gasteiger partial charge in [0.05, 0.1) is 16.1 Å². The molecule has 0 bridgehead atoms. The third kappa shape index (κ3) is 2.52. The number of hydrogen-bond donors (Lipinski definition) is 0. The molecule has 1 aliphatic carbocycles. The SMILES string of the molecule is BrCc1ccc(C2(c3ccc(CBr)o3)CCCCC2)o1. The monoisotopic (exact) mass is 400 g/mol. The lowest BCUT2D eigenvalue weighted by molar-refractivity contribution is 0.243. The quantitative estimate of drug-likeness (QED) is 0.595. The highest BCUT2D eigenvalue weighted by Gasteiger charge is 2.41. The third-order valence-electron chi connectivity index (χ3n) is 4.24. The van der Waals surface area contributed by atoms with E-state index in [0.29, 0.717) is 0 Å². The Hall–Kier alpha value is -0.480. The van der Waals surface area contributed by atoms with Crippen LogP contribution in [-0.4, -0.2) is 0 Å². The van der Waals surface area contributed by atoms with E-state index in [2.05, 4.69) is 56.1 Å². The summed E-state index contributed by atoms with van der Waals surface area (Å²) in [5.74, 6) is 4.08. The van der Waals surface area contributed by atoms with Crippen LogP contribution in [0.1, 0.15) is 55.1 Å². The Labute approximate surface area is 136 Å². The van der Waals surface area contributed by atoms with Crippen LogP contribution in [0.2, 0.25) is 0 Å². The van der Waals surface area contributed by atoms with Gasteiger partial charge in [-0.2, -0.15) is 0 Å². The Morgan fingerprint density at radius 2 is 1.30 bits per heavy atom. The van der Waals surface area contributed by atoms with E-state index in [1.165, 1.54) is 19.3 Å². The minimum atomic E-state index is -0.0703. The molecule has 0 unspecified atom stereocenters. The van der Waals surface area contributed by atoms with Crippen LogP contribution in [0.15, 0.2) is 33.1 Å². The lowest BCUT2D eigenvalue weighted by atomic mass is 9.70. The molecule has 2 heterocycles. The number of alkyl halides is 2. The minimum absolute atomic E-state index is 0.0703. The lowest BCUT2D eigenvalue weighted by Crippen LogP contribution is -2.29. The molecule has 0 radical (unpaired) electrons. The first-order chi connectivity index (χ1) is 9.78. The van der Waals surface area contributed by atoms with Gasteiger partial charge in [0, 0.05) is 0 Å². The molecular formula is C16H18Br2O2. The first kappa shape index (κ1) is 14.5. The van der Waals surface area contributed by atoms with Gasteiger partial charge >= 0.3 is 0 Å². The summed E-state index contributed by atoms with van der Waals surface area (Å²) in [7, 11) is 0. The molecule has 0 saturated heterocycles. The van der Waals surface area contributed by atoms with Crippen molar-refractivity contribution in [3.63, 3.8) is 0 Å².